The van der Waals surface area contributed by atoms with Gasteiger partial charge in [0.05, 0.1) is 12.1 Å². The van der Waals surface area contributed by atoms with Crippen LogP contribution in [0.1, 0.15) is 49.1 Å². The molecular weight excluding hydrogens is 291 g/mol. The van der Waals surface area contributed by atoms with E-state index < -0.39 is 11.7 Å². The van der Waals surface area contributed by atoms with E-state index in [0.717, 1.165) is 5.56 Å². The molecule has 2 N–H and O–H groups in total. The number of nitrogens with zero attached hydrogens (tertiary/aromatic N) is 2. The van der Waals surface area contributed by atoms with Crippen molar-refractivity contribution in [1.29, 1.82) is 0 Å². The molecule has 0 spiro atoms. The quantitative estimate of drug-likeness (QED) is 0.919. The van der Waals surface area contributed by atoms with E-state index in [1.807, 2.05) is 6.92 Å². The summed E-state index contributed by atoms with van der Waals surface area (Å²) in [7, 11) is 0. The molecule has 0 amide bonds. The second kappa shape index (κ2) is 6.02. The predicted molar refractivity (Wildman–Crippen MR) is 80.7 cm³/mol. The molecule has 0 saturated carbocycles. The summed E-state index contributed by atoms with van der Waals surface area (Å²) in [6.07, 6.45) is -1.06. The summed E-state index contributed by atoms with van der Waals surface area (Å²) in [6, 6.07) is 3.51. The summed E-state index contributed by atoms with van der Waals surface area (Å²) >= 11 is 0. The van der Waals surface area contributed by atoms with E-state index in [1.165, 1.54) is 6.20 Å². The predicted octanol–water partition coefficient (Wildman–Crippen LogP) is 4.22. The van der Waals surface area contributed by atoms with E-state index in [-0.39, 0.29) is 5.92 Å². The van der Waals surface area contributed by atoms with Crippen LogP contribution in [0, 0.1) is 0 Å². The third-order valence-electron chi connectivity index (χ3n) is 3.72. The molecule has 0 saturated heterocycles. The molecule has 2 aromatic rings. The maximum absolute atomic E-state index is 13.3. The van der Waals surface area contributed by atoms with Crippen LogP contribution in [0.3, 0.4) is 0 Å². The molecule has 0 aliphatic carbocycles. The maximum Gasteiger partial charge on any atom is 0.418 e. The number of hydrogen-bond acceptors (Lipinski definition) is 2. The highest BCUT2D eigenvalue weighted by Crippen LogP contribution is 2.38. The Morgan fingerprint density at radius 2 is 2.00 bits per heavy atom. The van der Waals surface area contributed by atoms with Crippen molar-refractivity contribution in [3.8, 4) is 0 Å². The lowest BCUT2D eigenvalue weighted by Crippen LogP contribution is -2.08. The van der Waals surface area contributed by atoms with Crippen molar-refractivity contribution in [2.24, 2.45) is 0 Å². The largest absolute Gasteiger partial charge is 0.418 e. The molecule has 22 heavy (non-hydrogen) atoms. The van der Waals surface area contributed by atoms with Crippen LogP contribution in [0.25, 0.3) is 0 Å². The molecule has 3 nitrogen and oxygen atoms in total. The number of nitrogen functional groups attached to an aromatic ring is 1. The Hall–Kier alpha value is -1.98. The summed E-state index contributed by atoms with van der Waals surface area (Å²) in [5, 5.41) is 0. The van der Waals surface area contributed by atoms with E-state index in [4.69, 9.17) is 5.73 Å². The molecule has 6 heteroatoms. The van der Waals surface area contributed by atoms with E-state index in [0.29, 0.717) is 30.0 Å². The maximum atomic E-state index is 13.3. The van der Waals surface area contributed by atoms with Crippen LogP contribution < -0.4 is 5.73 Å². The highest BCUT2D eigenvalue weighted by molar-refractivity contribution is 5.41. The first-order valence-electron chi connectivity index (χ1n) is 7.24. The first kappa shape index (κ1) is 16.4. The zero-order chi connectivity index (χ0) is 16.5. The molecule has 120 valence electrons. The van der Waals surface area contributed by atoms with E-state index in [2.05, 4.69) is 4.98 Å². The number of anilines is 1. The fourth-order valence-corrected chi connectivity index (χ4v) is 2.79. The van der Waals surface area contributed by atoms with Gasteiger partial charge >= 0.3 is 6.18 Å². The average molecular weight is 311 g/mol. The number of alkyl halides is 3. The third-order valence-corrected chi connectivity index (χ3v) is 3.72. The zero-order valence-corrected chi connectivity index (χ0v) is 12.9. The Bertz CT molecular complexity index is 657. The Labute approximate surface area is 128 Å². The van der Waals surface area contributed by atoms with Crippen molar-refractivity contribution < 1.29 is 13.2 Å². The number of pyridine rings is 1. The molecule has 0 fully saturated rings. The van der Waals surface area contributed by atoms with E-state index in [1.54, 1.807) is 36.7 Å². The smallest absolute Gasteiger partial charge is 0.383 e. The first-order chi connectivity index (χ1) is 10.3. The molecule has 2 heterocycles. The first-order valence-corrected chi connectivity index (χ1v) is 7.24. The van der Waals surface area contributed by atoms with Crippen LogP contribution in [0.4, 0.5) is 19.0 Å². The Balaban J connectivity index is 2.55. The van der Waals surface area contributed by atoms with Gasteiger partial charge in [0, 0.05) is 23.7 Å². The van der Waals surface area contributed by atoms with Gasteiger partial charge in [0.15, 0.2) is 0 Å². The Morgan fingerprint density at radius 3 is 2.50 bits per heavy atom. The highest BCUT2D eigenvalue weighted by Gasteiger charge is 2.37. The molecule has 0 radical (unpaired) electrons. The summed E-state index contributed by atoms with van der Waals surface area (Å²) in [6.45, 7) is 5.72. The summed E-state index contributed by atoms with van der Waals surface area (Å²) < 4.78 is 41.6. The zero-order valence-electron chi connectivity index (χ0n) is 12.9. The van der Waals surface area contributed by atoms with Crippen molar-refractivity contribution in [3.63, 3.8) is 0 Å². The molecule has 0 atom stereocenters. The van der Waals surface area contributed by atoms with Gasteiger partial charge in [-0.1, -0.05) is 26.8 Å². The van der Waals surface area contributed by atoms with Gasteiger partial charge in [0.2, 0.25) is 0 Å². The van der Waals surface area contributed by atoms with Crippen molar-refractivity contribution in [2.75, 3.05) is 5.73 Å². The van der Waals surface area contributed by atoms with Gasteiger partial charge in [-0.2, -0.15) is 13.2 Å². The van der Waals surface area contributed by atoms with Crippen molar-refractivity contribution in [3.05, 3.63) is 46.9 Å². The second-order valence-corrected chi connectivity index (χ2v) is 5.58. The Kier molecular flexibility index (Phi) is 4.49. The fourth-order valence-electron chi connectivity index (χ4n) is 2.79. The normalized spacial score (nSPS) is 12.1. The molecule has 0 aliphatic rings. The molecule has 2 aromatic heterocycles. The van der Waals surface area contributed by atoms with Gasteiger partial charge < -0.3 is 10.3 Å². The lowest BCUT2D eigenvalue weighted by Gasteiger charge is -2.14. The number of halogens is 3. The van der Waals surface area contributed by atoms with Crippen LogP contribution in [-0.2, 0) is 19.1 Å². The van der Waals surface area contributed by atoms with Gasteiger partial charge in [0.1, 0.15) is 5.82 Å². The lowest BCUT2D eigenvalue weighted by molar-refractivity contribution is -0.138. The van der Waals surface area contributed by atoms with Gasteiger partial charge in [-0.3, -0.25) is 0 Å². The monoisotopic (exact) mass is 311 g/mol. The number of nitrogens with two attached hydrogens (primary N) is 1. The topological polar surface area (TPSA) is 43.8 Å². The van der Waals surface area contributed by atoms with Gasteiger partial charge in [-0.25, -0.2) is 4.98 Å². The van der Waals surface area contributed by atoms with Crippen LogP contribution in [0.15, 0.2) is 24.5 Å². The van der Waals surface area contributed by atoms with E-state index >= 15 is 0 Å². The highest BCUT2D eigenvalue weighted by atomic mass is 19.4. The summed E-state index contributed by atoms with van der Waals surface area (Å²) in [5.41, 5.74) is 7.04. The van der Waals surface area contributed by atoms with Crippen molar-refractivity contribution in [2.45, 2.75) is 45.8 Å². The summed E-state index contributed by atoms with van der Waals surface area (Å²) in [4.78, 5) is 3.99. The molecular formula is C16H20F3N3. The average Bonchev–Trinajstić information content (AvgIpc) is 2.80. The number of rotatable bonds is 4. The van der Waals surface area contributed by atoms with Crippen LogP contribution >= 0.6 is 0 Å². The van der Waals surface area contributed by atoms with Crippen molar-refractivity contribution in [1.82, 2.24) is 9.55 Å². The number of hydrogen-bond donors (Lipinski definition) is 1. The third kappa shape index (κ3) is 3.10. The Morgan fingerprint density at radius 1 is 1.32 bits per heavy atom. The van der Waals surface area contributed by atoms with Crippen LogP contribution in [0.5, 0.6) is 0 Å². The fraction of sp³-hybridized carbons (Fsp3) is 0.438. The van der Waals surface area contributed by atoms with Gasteiger partial charge in [-0.15, -0.1) is 0 Å². The standard InChI is InChI=1S/C16H20F3N3/c1-4-13-14(10(2)3)12(16(17,18)19)9-22(13)8-11-6-5-7-21-15(11)20/h5-7,9-10H,4,8H2,1-3H3,(H2,20,21). The minimum Gasteiger partial charge on any atom is -0.383 e. The molecule has 0 bridgehead atoms. The summed E-state index contributed by atoms with van der Waals surface area (Å²) in [5.74, 6) is 0.150. The van der Waals surface area contributed by atoms with E-state index in [9.17, 15) is 13.2 Å². The lowest BCUT2D eigenvalue weighted by atomic mass is 9.97. The second-order valence-electron chi connectivity index (χ2n) is 5.58. The van der Waals surface area contributed by atoms with Crippen LogP contribution in [-0.4, -0.2) is 9.55 Å². The SMILES string of the molecule is CCc1c(C(C)C)c(C(F)(F)F)cn1Cc1cccnc1N. The van der Waals surface area contributed by atoms with Crippen molar-refractivity contribution >= 4 is 5.82 Å². The number of aromatic nitrogens is 2. The molecule has 0 aromatic carbocycles. The molecule has 2 rings (SSSR count). The van der Waals surface area contributed by atoms with Gasteiger partial charge in [-0.05, 0) is 24.0 Å². The van der Waals surface area contributed by atoms with Gasteiger partial charge in [0.25, 0.3) is 0 Å². The minimum atomic E-state index is -4.35. The minimum absolute atomic E-state index is 0.195. The van der Waals surface area contributed by atoms with Crippen LogP contribution in [0.2, 0.25) is 0 Å². The molecule has 0 aliphatic heterocycles. The molecule has 0 unspecified atom stereocenters.